The lowest BCUT2D eigenvalue weighted by atomic mass is 9.96. The number of Topliss-reactive ketones (excluding diaryl/α,β-unsaturated/α-hetero) is 1. The van der Waals surface area contributed by atoms with Crippen LogP contribution in [-0.4, -0.2) is 47.2 Å². The van der Waals surface area contributed by atoms with Crippen molar-refractivity contribution in [3.63, 3.8) is 0 Å². The SMILES string of the molecule is COc1cc(-c2nnc3n2NC(c2ccco2)C(C(=O)c2cccc4ccccc24)S3)cc(OC)c1OC. The predicted molar refractivity (Wildman–Crippen MR) is 144 cm³/mol. The van der Waals surface area contributed by atoms with Crippen LogP contribution in [0.5, 0.6) is 17.2 Å². The number of ketones is 1. The van der Waals surface area contributed by atoms with Crippen molar-refractivity contribution in [2.45, 2.75) is 16.4 Å². The molecule has 0 aliphatic carbocycles. The molecule has 3 aromatic carbocycles. The van der Waals surface area contributed by atoms with Gasteiger partial charge in [-0.3, -0.25) is 4.79 Å². The second-order valence-electron chi connectivity index (χ2n) is 8.61. The van der Waals surface area contributed by atoms with Gasteiger partial charge in [-0.25, -0.2) is 4.68 Å². The minimum atomic E-state index is -0.545. The Morgan fingerprint density at radius 3 is 2.42 bits per heavy atom. The van der Waals surface area contributed by atoms with Crippen LogP contribution in [0.25, 0.3) is 22.2 Å². The van der Waals surface area contributed by atoms with E-state index in [1.54, 1.807) is 44.4 Å². The number of nitrogens with one attached hydrogen (secondary N) is 1. The summed E-state index contributed by atoms with van der Waals surface area (Å²) >= 11 is 1.35. The number of rotatable bonds is 7. The first kappa shape index (κ1) is 23.9. The Labute approximate surface area is 222 Å². The number of methoxy groups -OCH3 is 3. The van der Waals surface area contributed by atoms with Crippen molar-refractivity contribution in [2.75, 3.05) is 26.8 Å². The minimum Gasteiger partial charge on any atom is -0.493 e. The van der Waals surface area contributed by atoms with Crippen molar-refractivity contribution >= 4 is 28.3 Å². The molecular weight excluding hydrogens is 504 g/mol. The fraction of sp³-hybridized carbons (Fsp3) is 0.179. The summed E-state index contributed by atoms with van der Waals surface area (Å²) < 4.78 is 24.1. The number of ether oxygens (including phenoxy) is 3. The second-order valence-corrected chi connectivity index (χ2v) is 9.72. The zero-order chi connectivity index (χ0) is 26.2. The average molecular weight is 529 g/mol. The monoisotopic (exact) mass is 528 g/mol. The maximum atomic E-state index is 14.0. The van der Waals surface area contributed by atoms with E-state index in [-0.39, 0.29) is 5.78 Å². The van der Waals surface area contributed by atoms with Gasteiger partial charge in [-0.1, -0.05) is 54.2 Å². The predicted octanol–water partition coefficient (Wildman–Crippen LogP) is 5.36. The van der Waals surface area contributed by atoms with Crippen molar-refractivity contribution in [1.29, 1.82) is 0 Å². The molecule has 1 N–H and O–H groups in total. The number of hydrogen-bond donors (Lipinski definition) is 1. The second kappa shape index (κ2) is 9.79. The topological polar surface area (TPSA) is 101 Å². The van der Waals surface area contributed by atoms with Crippen molar-refractivity contribution in [3.8, 4) is 28.6 Å². The molecule has 0 amide bonds. The zero-order valence-electron chi connectivity index (χ0n) is 20.9. The number of carbonyl (C=O) groups is 1. The standard InChI is InChI=1S/C28H24N4O5S/c1-34-21-14-17(15-22(35-2)25(21)36-3)27-29-30-28-32(27)31-23(20-12-7-13-37-20)26(38-28)24(33)19-11-6-9-16-8-4-5-10-18(16)19/h4-15,23,26,31H,1-3H3. The first-order valence-corrected chi connectivity index (χ1v) is 12.7. The Kier molecular flexibility index (Phi) is 6.16. The smallest absolute Gasteiger partial charge is 0.211 e. The molecule has 0 bridgehead atoms. The van der Waals surface area contributed by atoms with E-state index in [0.29, 0.717) is 45.1 Å². The third-order valence-corrected chi connectivity index (χ3v) is 7.74. The van der Waals surface area contributed by atoms with Gasteiger partial charge in [0, 0.05) is 11.1 Å². The first-order valence-electron chi connectivity index (χ1n) is 11.9. The number of hydrogen-bond acceptors (Lipinski definition) is 9. The van der Waals surface area contributed by atoms with Crippen LogP contribution in [-0.2, 0) is 0 Å². The molecule has 0 saturated heterocycles. The number of furan rings is 1. The highest BCUT2D eigenvalue weighted by atomic mass is 32.2. The Bertz CT molecular complexity index is 1600. The van der Waals surface area contributed by atoms with Crippen LogP contribution in [0.15, 0.2) is 82.6 Å². The van der Waals surface area contributed by atoms with Gasteiger partial charge in [0.25, 0.3) is 0 Å². The van der Waals surface area contributed by atoms with Crippen LogP contribution in [0.1, 0.15) is 22.2 Å². The lowest BCUT2D eigenvalue weighted by Gasteiger charge is -2.31. The molecule has 2 aromatic heterocycles. The van der Waals surface area contributed by atoms with Crippen LogP contribution in [0.4, 0.5) is 0 Å². The van der Waals surface area contributed by atoms with Gasteiger partial charge in [0.05, 0.1) is 27.6 Å². The molecule has 3 heterocycles. The summed E-state index contributed by atoms with van der Waals surface area (Å²) in [4.78, 5) is 14.0. The van der Waals surface area contributed by atoms with E-state index in [1.165, 1.54) is 11.8 Å². The molecular formula is C28H24N4O5S. The number of fused-ring (bicyclic) bond motifs is 2. The summed E-state index contributed by atoms with van der Waals surface area (Å²) in [7, 11) is 4.67. The zero-order valence-corrected chi connectivity index (χ0v) is 21.7. The maximum absolute atomic E-state index is 14.0. The molecule has 10 heteroatoms. The van der Waals surface area contributed by atoms with Crippen LogP contribution < -0.4 is 19.6 Å². The summed E-state index contributed by atoms with van der Waals surface area (Å²) in [6, 6.07) is 20.4. The van der Waals surface area contributed by atoms with E-state index in [9.17, 15) is 4.79 Å². The Morgan fingerprint density at radius 1 is 0.947 bits per heavy atom. The number of nitrogens with zero attached hydrogens (tertiary/aromatic N) is 3. The van der Waals surface area contributed by atoms with Crippen LogP contribution in [0, 0.1) is 0 Å². The highest BCUT2D eigenvalue weighted by molar-refractivity contribution is 8.00. The maximum Gasteiger partial charge on any atom is 0.211 e. The van der Waals surface area contributed by atoms with E-state index >= 15 is 0 Å². The van der Waals surface area contributed by atoms with Gasteiger partial charge in [0.1, 0.15) is 17.1 Å². The van der Waals surface area contributed by atoms with Crippen molar-refractivity contribution < 1.29 is 23.4 Å². The molecule has 0 radical (unpaired) electrons. The summed E-state index contributed by atoms with van der Waals surface area (Å²) in [5.74, 6) is 2.60. The quantitative estimate of drug-likeness (QED) is 0.280. The molecule has 0 fully saturated rings. The molecule has 38 heavy (non-hydrogen) atoms. The molecule has 192 valence electrons. The number of benzene rings is 3. The number of thioether (sulfide) groups is 1. The van der Waals surface area contributed by atoms with Gasteiger partial charge in [0.15, 0.2) is 23.1 Å². The Morgan fingerprint density at radius 2 is 1.71 bits per heavy atom. The van der Waals surface area contributed by atoms with Crippen LogP contribution in [0.2, 0.25) is 0 Å². The summed E-state index contributed by atoms with van der Waals surface area (Å²) in [6.45, 7) is 0. The van der Waals surface area contributed by atoms with Crippen molar-refractivity contribution in [1.82, 2.24) is 14.9 Å². The summed E-state index contributed by atoms with van der Waals surface area (Å²) in [5.41, 5.74) is 4.79. The van der Waals surface area contributed by atoms with Gasteiger partial charge in [-0.2, -0.15) is 0 Å². The molecule has 2 unspecified atom stereocenters. The van der Waals surface area contributed by atoms with E-state index < -0.39 is 11.3 Å². The number of carbonyl (C=O) groups excluding carboxylic acids is 1. The molecule has 9 nitrogen and oxygen atoms in total. The minimum absolute atomic E-state index is 0.0238. The lowest BCUT2D eigenvalue weighted by Crippen LogP contribution is -2.38. The van der Waals surface area contributed by atoms with Crippen molar-refractivity contribution in [3.05, 3.63) is 84.3 Å². The third kappa shape index (κ3) is 3.93. The summed E-state index contributed by atoms with van der Waals surface area (Å²) in [5, 5.41) is 10.8. The van der Waals surface area contributed by atoms with Crippen LogP contribution in [0.3, 0.4) is 0 Å². The normalized spacial score (nSPS) is 16.5. The highest BCUT2D eigenvalue weighted by Gasteiger charge is 2.40. The lowest BCUT2D eigenvalue weighted by molar-refractivity contribution is 0.0979. The fourth-order valence-electron chi connectivity index (χ4n) is 4.73. The first-order chi connectivity index (χ1) is 18.6. The largest absolute Gasteiger partial charge is 0.493 e. The highest BCUT2D eigenvalue weighted by Crippen LogP contribution is 2.44. The molecule has 6 rings (SSSR count). The summed E-state index contributed by atoms with van der Waals surface area (Å²) in [6.07, 6.45) is 1.60. The van der Waals surface area contributed by atoms with E-state index in [2.05, 4.69) is 15.6 Å². The fourth-order valence-corrected chi connectivity index (χ4v) is 5.85. The van der Waals surface area contributed by atoms with Gasteiger partial charge in [0.2, 0.25) is 10.9 Å². The van der Waals surface area contributed by atoms with E-state index in [1.807, 2.05) is 54.6 Å². The molecule has 0 spiro atoms. The molecule has 2 atom stereocenters. The van der Waals surface area contributed by atoms with Gasteiger partial charge >= 0.3 is 0 Å². The Balaban J connectivity index is 1.44. The molecule has 5 aromatic rings. The van der Waals surface area contributed by atoms with Gasteiger partial charge in [-0.15, -0.1) is 10.2 Å². The van der Waals surface area contributed by atoms with Gasteiger partial charge < -0.3 is 24.1 Å². The molecule has 1 aliphatic heterocycles. The van der Waals surface area contributed by atoms with Crippen molar-refractivity contribution in [2.24, 2.45) is 0 Å². The Hall–Kier alpha value is -4.44. The van der Waals surface area contributed by atoms with Crippen LogP contribution >= 0.6 is 11.8 Å². The third-order valence-electron chi connectivity index (χ3n) is 6.52. The molecule has 0 saturated carbocycles. The average Bonchev–Trinajstić information content (AvgIpc) is 3.65. The van der Waals surface area contributed by atoms with E-state index in [0.717, 1.165) is 10.8 Å². The molecule has 1 aliphatic rings. The number of aromatic nitrogens is 3. The van der Waals surface area contributed by atoms with Gasteiger partial charge in [-0.05, 0) is 35.0 Å². The van der Waals surface area contributed by atoms with E-state index in [4.69, 9.17) is 18.6 Å².